The highest BCUT2D eigenvalue weighted by molar-refractivity contribution is 5.95. The van der Waals surface area contributed by atoms with E-state index in [1.807, 2.05) is 6.92 Å². The average Bonchev–Trinajstić information content (AvgIpc) is 2.68. The largest absolute Gasteiger partial charge is 0.461 e. The van der Waals surface area contributed by atoms with Crippen LogP contribution in [0.5, 0.6) is 0 Å². The van der Waals surface area contributed by atoms with E-state index in [0.717, 1.165) is 25.0 Å². The molecule has 5 nitrogen and oxygen atoms in total. The van der Waals surface area contributed by atoms with Gasteiger partial charge in [-0.05, 0) is 26.3 Å². The van der Waals surface area contributed by atoms with E-state index in [1.165, 1.54) is 0 Å². The predicted molar refractivity (Wildman–Crippen MR) is 72.3 cm³/mol. The van der Waals surface area contributed by atoms with Crippen molar-refractivity contribution in [2.75, 3.05) is 6.61 Å². The maximum absolute atomic E-state index is 11.7. The zero-order valence-corrected chi connectivity index (χ0v) is 11.2. The Morgan fingerprint density at radius 2 is 2.22 bits per heavy atom. The van der Waals surface area contributed by atoms with E-state index in [-0.39, 0.29) is 0 Å². The molecule has 3 N–H and O–H groups in total. The Labute approximate surface area is 107 Å². The molecule has 0 aliphatic carbocycles. The molecule has 0 aromatic carbocycles. The molecule has 0 saturated heterocycles. The minimum Gasteiger partial charge on any atom is -0.461 e. The van der Waals surface area contributed by atoms with Crippen molar-refractivity contribution in [2.45, 2.75) is 40.0 Å². The number of hydrogen-bond acceptors (Lipinski definition) is 3. The summed E-state index contributed by atoms with van der Waals surface area (Å²) < 4.78 is 4.96. The number of nitrogens with zero attached hydrogens (tertiary/aromatic N) is 1. The van der Waals surface area contributed by atoms with Crippen molar-refractivity contribution >= 4 is 17.5 Å². The molecule has 0 amide bonds. The van der Waals surface area contributed by atoms with Crippen LogP contribution in [-0.4, -0.2) is 23.4 Å². The number of aryl methyl sites for hydroxylation is 1. The van der Waals surface area contributed by atoms with E-state index < -0.39 is 5.97 Å². The van der Waals surface area contributed by atoms with Crippen LogP contribution >= 0.6 is 0 Å². The highest BCUT2D eigenvalue weighted by Gasteiger charge is 2.15. The van der Waals surface area contributed by atoms with Gasteiger partial charge in [-0.15, -0.1) is 0 Å². The molecule has 1 rings (SSSR count). The smallest absolute Gasteiger partial charge is 0.357 e. The lowest BCUT2D eigenvalue weighted by atomic mass is 10.2. The molecule has 0 saturated carbocycles. The fourth-order valence-electron chi connectivity index (χ4n) is 1.59. The standard InChI is InChI=1S/C13H21N3O2/c1-4-6-7-11(14)16-10-8-9(3)15-12(10)13(17)18-5-2/h8,15H,4-7H2,1-3H3,(H2,14,16). The molecule has 100 valence electrons. The number of aliphatic imine (C=N–C) groups is 1. The number of esters is 1. The van der Waals surface area contributed by atoms with Crippen LogP contribution in [-0.2, 0) is 4.74 Å². The van der Waals surface area contributed by atoms with Gasteiger partial charge in [-0.3, -0.25) is 0 Å². The van der Waals surface area contributed by atoms with Crippen molar-refractivity contribution in [3.63, 3.8) is 0 Å². The molecule has 0 aliphatic rings. The van der Waals surface area contributed by atoms with Gasteiger partial charge in [-0.2, -0.15) is 0 Å². The molecule has 0 unspecified atom stereocenters. The lowest BCUT2D eigenvalue weighted by Crippen LogP contribution is -2.11. The van der Waals surface area contributed by atoms with Gasteiger partial charge in [0.15, 0.2) is 5.69 Å². The Balaban J connectivity index is 2.91. The number of nitrogens with two attached hydrogens (primary N) is 1. The maximum atomic E-state index is 11.7. The predicted octanol–water partition coefficient (Wildman–Crippen LogP) is 2.68. The molecule has 0 radical (unpaired) electrons. The number of hydrogen-bond donors (Lipinski definition) is 2. The summed E-state index contributed by atoms with van der Waals surface area (Å²) in [7, 11) is 0. The fraction of sp³-hybridized carbons (Fsp3) is 0.538. The van der Waals surface area contributed by atoms with Crippen LogP contribution in [0.15, 0.2) is 11.1 Å². The van der Waals surface area contributed by atoms with Gasteiger partial charge in [0.05, 0.1) is 18.1 Å². The number of carbonyl (C=O) groups is 1. The maximum Gasteiger partial charge on any atom is 0.357 e. The minimum absolute atomic E-state index is 0.339. The second-order valence-corrected chi connectivity index (χ2v) is 4.14. The summed E-state index contributed by atoms with van der Waals surface area (Å²) >= 11 is 0. The zero-order valence-electron chi connectivity index (χ0n) is 11.2. The number of aromatic amines is 1. The molecule has 0 atom stereocenters. The number of carbonyl (C=O) groups excluding carboxylic acids is 1. The fourth-order valence-corrected chi connectivity index (χ4v) is 1.59. The van der Waals surface area contributed by atoms with E-state index in [2.05, 4.69) is 16.9 Å². The van der Waals surface area contributed by atoms with Crippen LogP contribution in [0.4, 0.5) is 5.69 Å². The number of H-pyrrole nitrogens is 1. The third kappa shape index (κ3) is 3.91. The summed E-state index contributed by atoms with van der Waals surface area (Å²) in [4.78, 5) is 18.9. The number of unbranched alkanes of at least 4 members (excludes halogenated alkanes) is 1. The van der Waals surface area contributed by atoms with Gasteiger partial charge < -0.3 is 15.5 Å². The monoisotopic (exact) mass is 251 g/mol. The first-order valence-corrected chi connectivity index (χ1v) is 6.28. The molecule has 1 aromatic rings. The second kappa shape index (κ2) is 6.83. The molecular weight excluding hydrogens is 230 g/mol. The van der Waals surface area contributed by atoms with Crippen molar-refractivity contribution in [3.8, 4) is 0 Å². The zero-order chi connectivity index (χ0) is 13.5. The van der Waals surface area contributed by atoms with Crippen LogP contribution in [0, 0.1) is 6.92 Å². The second-order valence-electron chi connectivity index (χ2n) is 4.14. The van der Waals surface area contributed by atoms with Crippen molar-refractivity contribution in [3.05, 3.63) is 17.5 Å². The van der Waals surface area contributed by atoms with E-state index in [1.54, 1.807) is 13.0 Å². The van der Waals surface area contributed by atoms with Gasteiger partial charge in [0.2, 0.25) is 0 Å². The first-order valence-electron chi connectivity index (χ1n) is 6.28. The first-order chi connectivity index (χ1) is 8.58. The van der Waals surface area contributed by atoms with Gasteiger partial charge in [-0.1, -0.05) is 13.3 Å². The molecule has 5 heteroatoms. The normalized spacial score (nSPS) is 11.6. The van der Waals surface area contributed by atoms with Crippen molar-refractivity contribution in [1.82, 2.24) is 4.98 Å². The average molecular weight is 251 g/mol. The molecule has 0 spiro atoms. The number of aromatic nitrogens is 1. The highest BCUT2D eigenvalue weighted by Crippen LogP contribution is 2.21. The van der Waals surface area contributed by atoms with Gasteiger partial charge in [0.25, 0.3) is 0 Å². The summed E-state index contributed by atoms with van der Waals surface area (Å²) in [5.41, 5.74) is 7.61. The SMILES string of the molecule is CCCCC(N)=Nc1cc(C)[nH]c1C(=O)OCC. The summed E-state index contributed by atoms with van der Waals surface area (Å²) in [5.74, 6) is 0.147. The molecule has 0 fully saturated rings. The molecular formula is C13H21N3O2. The van der Waals surface area contributed by atoms with Crippen molar-refractivity contribution in [1.29, 1.82) is 0 Å². The van der Waals surface area contributed by atoms with Crippen LogP contribution in [0.1, 0.15) is 49.3 Å². The summed E-state index contributed by atoms with van der Waals surface area (Å²) in [6.07, 6.45) is 2.80. The lowest BCUT2D eigenvalue weighted by molar-refractivity contribution is 0.0521. The Hall–Kier alpha value is -1.78. The van der Waals surface area contributed by atoms with Crippen LogP contribution in [0.3, 0.4) is 0 Å². The van der Waals surface area contributed by atoms with Gasteiger partial charge >= 0.3 is 5.97 Å². The summed E-state index contributed by atoms with van der Waals surface area (Å²) in [6, 6.07) is 1.80. The molecule has 18 heavy (non-hydrogen) atoms. The van der Waals surface area contributed by atoms with Crippen molar-refractivity contribution in [2.24, 2.45) is 10.7 Å². The molecule has 0 aliphatic heterocycles. The van der Waals surface area contributed by atoms with E-state index in [9.17, 15) is 4.79 Å². The summed E-state index contributed by atoms with van der Waals surface area (Å²) in [6.45, 7) is 6.07. The Kier molecular flexibility index (Phi) is 5.42. The lowest BCUT2D eigenvalue weighted by Gasteiger charge is -2.02. The van der Waals surface area contributed by atoms with Crippen LogP contribution in [0.2, 0.25) is 0 Å². The minimum atomic E-state index is -0.396. The molecule has 1 heterocycles. The Bertz CT molecular complexity index is 435. The van der Waals surface area contributed by atoms with E-state index >= 15 is 0 Å². The van der Waals surface area contributed by atoms with E-state index in [4.69, 9.17) is 10.5 Å². The number of amidine groups is 1. The third-order valence-corrected chi connectivity index (χ3v) is 2.46. The Morgan fingerprint density at radius 1 is 1.50 bits per heavy atom. The quantitative estimate of drug-likeness (QED) is 0.463. The third-order valence-electron chi connectivity index (χ3n) is 2.46. The van der Waals surface area contributed by atoms with Crippen LogP contribution < -0.4 is 5.73 Å². The summed E-state index contributed by atoms with van der Waals surface area (Å²) in [5, 5.41) is 0. The highest BCUT2D eigenvalue weighted by atomic mass is 16.5. The van der Waals surface area contributed by atoms with Crippen molar-refractivity contribution < 1.29 is 9.53 Å². The molecule has 0 bridgehead atoms. The van der Waals surface area contributed by atoms with Gasteiger partial charge in [-0.25, -0.2) is 9.79 Å². The van der Waals surface area contributed by atoms with E-state index in [0.29, 0.717) is 23.8 Å². The Morgan fingerprint density at radius 3 is 2.83 bits per heavy atom. The van der Waals surface area contributed by atoms with Crippen LogP contribution in [0.25, 0.3) is 0 Å². The topological polar surface area (TPSA) is 80.5 Å². The first kappa shape index (κ1) is 14.3. The number of nitrogens with one attached hydrogen (secondary N) is 1. The van der Waals surface area contributed by atoms with Gasteiger partial charge in [0.1, 0.15) is 0 Å². The van der Waals surface area contributed by atoms with Gasteiger partial charge in [0, 0.05) is 12.1 Å². The number of ether oxygens (including phenoxy) is 1. The number of rotatable bonds is 6. The molecule has 1 aromatic heterocycles.